The molecule has 106 valence electrons. The van der Waals surface area contributed by atoms with Crippen molar-refractivity contribution in [3.63, 3.8) is 0 Å². The van der Waals surface area contributed by atoms with Gasteiger partial charge in [0.2, 0.25) is 0 Å². The maximum absolute atomic E-state index is 12.6. The molecule has 0 fully saturated rings. The van der Waals surface area contributed by atoms with Gasteiger partial charge in [0.05, 0.1) is 10.7 Å². The minimum Gasteiger partial charge on any atom is -0.382 e. The van der Waals surface area contributed by atoms with Gasteiger partial charge in [-0.2, -0.15) is 0 Å². The molecular formula is C12H13ClN4O2S. The second-order valence-electron chi connectivity index (χ2n) is 3.91. The Kier molecular flexibility index (Phi) is 4.10. The molecule has 2 N–H and O–H groups in total. The molecule has 2 aromatic heterocycles. The Hall–Kier alpha value is -1.86. The summed E-state index contributed by atoms with van der Waals surface area (Å²) in [5.74, 6) is 0.0950. The van der Waals surface area contributed by atoms with Crippen LogP contribution in [-0.2, 0) is 10.0 Å². The number of nitrogen functional groups attached to an aromatic ring is 1. The average molecular weight is 313 g/mol. The number of anilines is 2. The lowest BCUT2D eigenvalue weighted by molar-refractivity contribution is 0.591. The third-order valence-corrected chi connectivity index (χ3v) is 4.84. The highest BCUT2D eigenvalue weighted by atomic mass is 35.5. The maximum atomic E-state index is 12.6. The molecule has 0 aromatic carbocycles. The number of sulfonamides is 1. The van der Waals surface area contributed by atoms with Crippen LogP contribution >= 0.6 is 11.6 Å². The third kappa shape index (κ3) is 2.68. The summed E-state index contributed by atoms with van der Waals surface area (Å²) in [6, 6.07) is 4.53. The van der Waals surface area contributed by atoms with Gasteiger partial charge in [0.15, 0.2) is 0 Å². The van der Waals surface area contributed by atoms with Crippen LogP contribution < -0.4 is 10.0 Å². The van der Waals surface area contributed by atoms with Gasteiger partial charge >= 0.3 is 0 Å². The fraction of sp³-hybridized carbons (Fsp3) is 0.167. The fourth-order valence-electron chi connectivity index (χ4n) is 1.70. The zero-order chi connectivity index (χ0) is 14.8. The van der Waals surface area contributed by atoms with Crippen molar-refractivity contribution in [1.29, 1.82) is 0 Å². The van der Waals surface area contributed by atoms with E-state index in [1.54, 1.807) is 19.1 Å². The molecule has 2 rings (SSSR count). The Morgan fingerprint density at radius 2 is 2.00 bits per heavy atom. The SMILES string of the molecule is CCN(c1ccncc1)S(=O)(=O)c1cnc(N)c(Cl)c1. The van der Waals surface area contributed by atoms with E-state index in [0.29, 0.717) is 5.69 Å². The molecule has 0 saturated carbocycles. The van der Waals surface area contributed by atoms with Crippen molar-refractivity contribution in [2.24, 2.45) is 0 Å². The molecule has 0 aliphatic heterocycles. The molecule has 0 bridgehead atoms. The van der Waals surface area contributed by atoms with E-state index in [4.69, 9.17) is 17.3 Å². The molecule has 2 heterocycles. The Labute approximate surface area is 122 Å². The van der Waals surface area contributed by atoms with E-state index in [1.165, 1.54) is 29.0 Å². The predicted octanol–water partition coefficient (Wildman–Crippen LogP) is 1.93. The topological polar surface area (TPSA) is 89.2 Å². The van der Waals surface area contributed by atoms with Crippen LogP contribution in [0.3, 0.4) is 0 Å². The largest absolute Gasteiger partial charge is 0.382 e. The van der Waals surface area contributed by atoms with E-state index >= 15 is 0 Å². The molecule has 0 saturated heterocycles. The summed E-state index contributed by atoms with van der Waals surface area (Å²) in [4.78, 5) is 7.65. The van der Waals surface area contributed by atoms with Crippen molar-refractivity contribution < 1.29 is 8.42 Å². The van der Waals surface area contributed by atoms with Crippen molar-refractivity contribution in [3.05, 3.63) is 41.8 Å². The van der Waals surface area contributed by atoms with E-state index in [1.807, 2.05) is 0 Å². The first-order valence-electron chi connectivity index (χ1n) is 5.80. The van der Waals surface area contributed by atoms with E-state index in [9.17, 15) is 8.42 Å². The van der Waals surface area contributed by atoms with Gasteiger partial charge in [0, 0.05) is 25.1 Å². The lowest BCUT2D eigenvalue weighted by Crippen LogP contribution is -2.30. The zero-order valence-corrected chi connectivity index (χ0v) is 12.3. The van der Waals surface area contributed by atoms with Crippen LogP contribution in [0.25, 0.3) is 0 Å². The summed E-state index contributed by atoms with van der Waals surface area (Å²) >= 11 is 5.83. The van der Waals surface area contributed by atoms with Crippen molar-refractivity contribution in [1.82, 2.24) is 9.97 Å². The number of aromatic nitrogens is 2. The molecular weight excluding hydrogens is 300 g/mol. The molecule has 6 nitrogen and oxygen atoms in total. The van der Waals surface area contributed by atoms with E-state index < -0.39 is 10.0 Å². The lowest BCUT2D eigenvalue weighted by atomic mass is 10.4. The number of pyridine rings is 2. The minimum atomic E-state index is -3.74. The molecule has 0 amide bonds. The highest BCUT2D eigenvalue weighted by Gasteiger charge is 2.24. The Bertz CT molecular complexity index is 707. The minimum absolute atomic E-state index is 0.00429. The van der Waals surface area contributed by atoms with Crippen LogP contribution in [0.5, 0.6) is 0 Å². The Balaban J connectivity index is 2.50. The monoisotopic (exact) mass is 312 g/mol. The van der Waals surface area contributed by atoms with Gasteiger partial charge in [-0.25, -0.2) is 13.4 Å². The number of rotatable bonds is 4. The van der Waals surface area contributed by atoms with Crippen molar-refractivity contribution in [2.45, 2.75) is 11.8 Å². The molecule has 20 heavy (non-hydrogen) atoms. The van der Waals surface area contributed by atoms with Crippen LogP contribution in [0, 0.1) is 0 Å². The highest BCUT2D eigenvalue weighted by Crippen LogP contribution is 2.25. The summed E-state index contributed by atoms with van der Waals surface area (Å²) < 4.78 is 26.4. The van der Waals surface area contributed by atoms with Crippen LogP contribution in [0.2, 0.25) is 5.02 Å². The van der Waals surface area contributed by atoms with Gasteiger partial charge in [0.25, 0.3) is 10.0 Å². The molecule has 2 aromatic rings. The van der Waals surface area contributed by atoms with Crippen molar-refractivity contribution >= 4 is 33.1 Å². The predicted molar refractivity (Wildman–Crippen MR) is 78.1 cm³/mol. The van der Waals surface area contributed by atoms with Crippen LogP contribution in [0.4, 0.5) is 11.5 Å². The second-order valence-corrected chi connectivity index (χ2v) is 6.18. The third-order valence-electron chi connectivity index (χ3n) is 2.67. The summed E-state index contributed by atoms with van der Waals surface area (Å²) in [7, 11) is -3.74. The second kappa shape index (κ2) is 5.64. The summed E-state index contributed by atoms with van der Waals surface area (Å²) in [6.45, 7) is 2.01. The number of hydrogen-bond acceptors (Lipinski definition) is 5. The van der Waals surface area contributed by atoms with Crippen LogP contribution in [0.1, 0.15) is 6.92 Å². The van der Waals surface area contributed by atoms with Gasteiger partial charge in [-0.15, -0.1) is 0 Å². The van der Waals surface area contributed by atoms with Crippen molar-refractivity contribution in [2.75, 3.05) is 16.6 Å². The normalized spacial score (nSPS) is 11.3. The molecule has 0 atom stereocenters. The Morgan fingerprint density at radius 3 is 2.55 bits per heavy atom. The summed E-state index contributed by atoms with van der Waals surface area (Å²) in [5.41, 5.74) is 6.02. The number of nitrogens with zero attached hydrogens (tertiary/aromatic N) is 3. The first-order valence-corrected chi connectivity index (χ1v) is 7.62. The molecule has 0 aliphatic rings. The van der Waals surface area contributed by atoms with E-state index in [2.05, 4.69) is 9.97 Å². The van der Waals surface area contributed by atoms with Crippen LogP contribution in [0.15, 0.2) is 41.7 Å². The Morgan fingerprint density at radius 1 is 1.35 bits per heavy atom. The lowest BCUT2D eigenvalue weighted by Gasteiger charge is -2.22. The van der Waals surface area contributed by atoms with Gasteiger partial charge in [-0.3, -0.25) is 9.29 Å². The number of halogens is 1. The van der Waals surface area contributed by atoms with Gasteiger partial charge in [-0.1, -0.05) is 11.6 Å². The average Bonchev–Trinajstić information content (AvgIpc) is 2.43. The van der Waals surface area contributed by atoms with Gasteiger partial charge in [0.1, 0.15) is 10.7 Å². The highest BCUT2D eigenvalue weighted by molar-refractivity contribution is 7.92. The van der Waals surface area contributed by atoms with Gasteiger partial charge < -0.3 is 5.73 Å². The first kappa shape index (κ1) is 14.5. The quantitative estimate of drug-likeness (QED) is 0.931. The smallest absolute Gasteiger partial charge is 0.265 e. The molecule has 0 aliphatic carbocycles. The summed E-state index contributed by atoms with van der Waals surface area (Å²) in [6.07, 6.45) is 4.25. The molecule has 0 spiro atoms. The number of hydrogen-bond donors (Lipinski definition) is 1. The van der Waals surface area contributed by atoms with E-state index in [0.717, 1.165) is 0 Å². The van der Waals surface area contributed by atoms with Gasteiger partial charge in [-0.05, 0) is 25.1 Å². The van der Waals surface area contributed by atoms with Crippen molar-refractivity contribution in [3.8, 4) is 0 Å². The number of nitrogens with two attached hydrogens (primary N) is 1. The molecule has 8 heteroatoms. The van der Waals surface area contributed by atoms with E-state index in [-0.39, 0.29) is 22.3 Å². The van der Waals surface area contributed by atoms with Crippen LogP contribution in [-0.4, -0.2) is 24.9 Å². The fourth-order valence-corrected chi connectivity index (χ4v) is 3.38. The molecule has 0 unspecified atom stereocenters. The standard InChI is InChI=1S/C12H13ClN4O2S/c1-2-17(9-3-5-15-6-4-9)20(18,19)10-7-11(13)12(14)16-8-10/h3-8H,2H2,1H3,(H2,14,16). The zero-order valence-electron chi connectivity index (χ0n) is 10.7. The first-order chi connectivity index (χ1) is 9.46. The summed E-state index contributed by atoms with van der Waals surface area (Å²) in [5, 5.41) is 0.108. The molecule has 0 radical (unpaired) electrons. The maximum Gasteiger partial charge on any atom is 0.265 e.